The van der Waals surface area contributed by atoms with Gasteiger partial charge in [0.25, 0.3) is 11.9 Å². The molecule has 2 amide bonds. The molecule has 2 N–H and O–H groups in total. The van der Waals surface area contributed by atoms with E-state index in [1.54, 1.807) is 59.1 Å². The number of nitrogens with zero attached hydrogens (tertiary/aromatic N) is 3. The van der Waals surface area contributed by atoms with Gasteiger partial charge in [-0.3, -0.25) is 18.8 Å². The molecule has 0 unspecified atom stereocenters. The number of halogens is 2. The Hall–Kier alpha value is -2.03. The predicted octanol–water partition coefficient (Wildman–Crippen LogP) is 4.93. The molecule has 1 aromatic carbocycles. The molecule has 1 saturated heterocycles. The number of fused-ring (bicyclic) bond motifs is 1. The molecule has 0 spiro atoms. The van der Waals surface area contributed by atoms with Gasteiger partial charge >= 0.3 is 11.9 Å². The molecule has 1 fully saturated rings. The number of carbonyl (C=O) groups excluding carboxylic acids is 2. The largest absolute Gasteiger partial charge is 0.477 e. The number of amides is 2. The summed E-state index contributed by atoms with van der Waals surface area (Å²) in [5, 5.41) is 19.9. The molecular weight excluding hydrogens is 649 g/mol. The number of carboxylic acids is 2. The van der Waals surface area contributed by atoms with Crippen molar-refractivity contribution in [1.29, 1.82) is 0 Å². The molecule has 9 nitrogen and oxygen atoms in total. The molecular formula is C26H26Cl2N3O6S4+. The highest BCUT2D eigenvalue weighted by Gasteiger charge is 2.57. The average Bonchev–Trinajstić information content (AvgIpc) is 2.93. The van der Waals surface area contributed by atoms with Crippen LogP contribution in [-0.4, -0.2) is 78.1 Å². The second kappa shape index (κ2) is 14.0. The van der Waals surface area contributed by atoms with E-state index in [4.69, 9.17) is 23.2 Å². The Labute approximate surface area is 264 Å². The second-order valence-electron chi connectivity index (χ2n) is 9.03. The molecule has 3 atom stereocenters. The lowest BCUT2D eigenvalue weighted by Gasteiger charge is -2.52. The van der Waals surface area contributed by atoms with Crippen molar-refractivity contribution in [2.24, 2.45) is 0 Å². The quantitative estimate of drug-likeness (QED) is 0.139. The molecule has 2 aromatic rings. The first-order valence-electron chi connectivity index (χ1n) is 12.2. The highest BCUT2D eigenvalue weighted by Crippen LogP contribution is 2.46. The maximum Gasteiger partial charge on any atom is 0.373 e. The number of benzene rings is 1. The predicted molar refractivity (Wildman–Crippen MR) is 163 cm³/mol. The molecule has 1 aromatic heterocycles. The Morgan fingerprint density at radius 1 is 1.20 bits per heavy atom. The summed E-state index contributed by atoms with van der Waals surface area (Å²) in [7, 11) is 0. The number of carbonyl (C=O) groups is 4. The van der Waals surface area contributed by atoms with Gasteiger partial charge in [0.05, 0.1) is 5.02 Å². The summed E-state index contributed by atoms with van der Waals surface area (Å²) in [6.45, 7) is 1.34. The van der Waals surface area contributed by atoms with Gasteiger partial charge in [0.15, 0.2) is 18.4 Å². The SMILES string of the molecule is CSCC[C@@H](C(=O)O)[n+]1ccc(SCC2=C(C(=O)O)N3C(=O)[C@H](N(Sc4cc(Cl)ccc4Cl)C(C)=O)[C@H]3SC2)cc1. The van der Waals surface area contributed by atoms with E-state index < -0.39 is 35.3 Å². The Balaban J connectivity index is 1.49. The lowest BCUT2D eigenvalue weighted by molar-refractivity contribution is -0.711. The Morgan fingerprint density at radius 2 is 1.90 bits per heavy atom. The third kappa shape index (κ3) is 7.14. The fourth-order valence-electron chi connectivity index (χ4n) is 4.36. The van der Waals surface area contributed by atoms with Crippen LogP contribution in [0.25, 0.3) is 0 Å². The van der Waals surface area contributed by atoms with E-state index in [0.29, 0.717) is 38.4 Å². The summed E-state index contributed by atoms with van der Waals surface area (Å²) in [6.07, 6.45) is 5.85. The molecule has 2 aliphatic rings. The van der Waals surface area contributed by atoms with Crippen molar-refractivity contribution in [3.05, 3.63) is 64.0 Å². The van der Waals surface area contributed by atoms with Gasteiger partial charge in [-0.25, -0.2) is 9.59 Å². The van der Waals surface area contributed by atoms with Crippen molar-refractivity contribution in [3.63, 3.8) is 0 Å². The van der Waals surface area contributed by atoms with Gasteiger partial charge in [-0.15, -0.1) is 23.5 Å². The van der Waals surface area contributed by atoms with E-state index in [1.165, 1.54) is 39.7 Å². The maximum atomic E-state index is 13.3. The molecule has 218 valence electrons. The Kier molecular flexibility index (Phi) is 10.9. The van der Waals surface area contributed by atoms with E-state index in [9.17, 15) is 29.4 Å². The number of aromatic nitrogens is 1. The maximum absolute atomic E-state index is 13.3. The van der Waals surface area contributed by atoms with Gasteiger partial charge in [-0.1, -0.05) is 23.2 Å². The number of hydrogen-bond donors (Lipinski definition) is 2. The van der Waals surface area contributed by atoms with E-state index >= 15 is 0 Å². The molecule has 0 saturated carbocycles. The van der Waals surface area contributed by atoms with Crippen LogP contribution in [0.4, 0.5) is 0 Å². The number of rotatable bonds is 12. The van der Waals surface area contributed by atoms with Crippen LogP contribution in [-0.2, 0) is 19.2 Å². The minimum atomic E-state index is -1.21. The summed E-state index contributed by atoms with van der Waals surface area (Å²) in [5.74, 6) is -1.53. The van der Waals surface area contributed by atoms with Crippen LogP contribution in [0, 0.1) is 0 Å². The summed E-state index contributed by atoms with van der Waals surface area (Å²) in [5.41, 5.74) is 0.529. The zero-order valence-electron chi connectivity index (χ0n) is 21.9. The van der Waals surface area contributed by atoms with Gasteiger partial charge < -0.3 is 10.2 Å². The highest BCUT2D eigenvalue weighted by molar-refractivity contribution is 8.01. The van der Waals surface area contributed by atoms with Gasteiger partial charge in [-0.05, 0) is 47.7 Å². The first kappa shape index (κ1) is 31.9. The van der Waals surface area contributed by atoms with Crippen molar-refractivity contribution < 1.29 is 34.0 Å². The van der Waals surface area contributed by atoms with Gasteiger partial charge in [-0.2, -0.15) is 16.3 Å². The van der Waals surface area contributed by atoms with Gasteiger partial charge in [0.1, 0.15) is 11.1 Å². The molecule has 0 radical (unpaired) electrons. The summed E-state index contributed by atoms with van der Waals surface area (Å²) >= 11 is 17.8. The van der Waals surface area contributed by atoms with E-state index in [-0.39, 0.29) is 11.6 Å². The van der Waals surface area contributed by atoms with E-state index in [1.807, 2.05) is 6.26 Å². The number of β-lactam (4-membered cyclic amide) rings is 1. The third-order valence-corrected chi connectivity index (χ3v) is 11.3. The molecule has 4 rings (SSSR count). The zero-order chi connectivity index (χ0) is 29.8. The smallest absolute Gasteiger partial charge is 0.373 e. The Morgan fingerprint density at radius 3 is 2.51 bits per heavy atom. The van der Waals surface area contributed by atoms with Crippen molar-refractivity contribution in [2.75, 3.05) is 23.5 Å². The first-order valence-corrected chi connectivity index (χ1v) is 17.2. The standard InChI is InChI=1S/C26H25Cl2N3O6S4/c1-14(32)31(41-20-11-16(27)3-4-18(20)28)22-23(33)30-21(26(36)37)15(13-40-24(22)30)12-39-17-5-8-29(9-6-17)19(25(34)35)7-10-38-2/h3-6,8-9,11,19,22,24H,7,10,12-13H2,1-2H3,(H-,34,35,36,37)/p+1/t19-,22-,24+/m0/s1. The minimum absolute atomic E-state index is 0.0641. The van der Waals surface area contributed by atoms with Crippen LogP contribution >= 0.6 is 70.4 Å². The summed E-state index contributed by atoms with van der Waals surface area (Å²) in [6, 6.07) is 6.90. The summed E-state index contributed by atoms with van der Waals surface area (Å²) < 4.78 is 2.98. The third-order valence-electron chi connectivity index (χ3n) is 6.35. The van der Waals surface area contributed by atoms with Crippen LogP contribution in [0.5, 0.6) is 0 Å². The van der Waals surface area contributed by atoms with Gasteiger partial charge in [0.2, 0.25) is 5.91 Å². The number of pyridine rings is 1. The van der Waals surface area contributed by atoms with Crippen molar-refractivity contribution in [2.45, 2.75) is 40.6 Å². The van der Waals surface area contributed by atoms with E-state index in [2.05, 4.69) is 0 Å². The highest BCUT2D eigenvalue weighted by atomic mass is 35.5. The average molecular weight is 676 g/mol. The van der Waals surface area contributed by atoms with Crippen LogP contribution in [0.1, 0.15) is 19.4 Å². The molecule has 0 bridgehead atoms. The van der Waals surface area contributed by atoms with Crippen molar-refractivity contribution >= 4 is 94.2 Å². The lowest BCUT2D eigenvalue weighted by Crippen LogP contribution is -2.70. The van der Waals surface area contributed by atoms with Crippen LogP contribution in [0.15, 0.2) is 63.8 Å². The number of aliphatic carboxylic acids is 2. The molecule has 15 heteroatoms. The summed E-state index contributed by atoms with van der Waals surface area (Å²) in [4.78, 5) is 52.5. The Bertz CT molecular complexity index is 1390. The monoisotopic (exact) mass is 674 g/mol. The van der Waals surface area contributed by atoms with Crippen LogP contribution in [0.3, 0.4) is 0 Å². The fourth-order valence-corrected chi connectivity index (χ4v) is 8.76. The molecule has 2 aliphatic heterocycles. The van der Waals surface area contributed by atoms with Crippen LogP contribution < -0.4 is 4.57 Å². The normalized spacial score (nSPS) is 18.9. The first-order chi connectivity index (χ1) is 19.5. The molecule has 41 heavy (non-hydrogen) atoms. The lowest BCUT2D eigenvalue weighted by atomic mass is 10.0. The zero-order valence-corrected chi connectivity index (χ0v) is 26.6. The van der Waals surface area contributed by atoms with Crippen molar-refractivity contribution in [1.82, 2.24) is 9.21 Å². The number of carboxylic acid groups (broad SMARTS) is 2. The molecule has 0 aliphatic carbocycles. The molecule has 3 heterocycles. The van der Waals surface area contributed by atoms with Crippen molar-refractivity contribution in [3.8, 4) is 0 Å². The second-order valence-corrected chi connectivity index (χ2v) is 14.0. The topological polar surface area (TPSA) is 119 Å². The number of thioether (sulfide) groups is 3. The number of hydrogen-bond acceptors (Lipinski definition) is 8. The van der Waals surface area contributed by atoms with E-state index in [0.717, 1.165) is 22.6 Å². The van der Waals surface area contributed by atoms with Gasteiger partial charge in [0, 0.05) is 51.8 Å². The minimum Gasteiger partial charge on any atom is -0.477 e. The van der Waals surface area contributed by atoms with Crippen LogP contribution in [0.2, 0.25) is 10.0 Å². The fraction of sp³-hybridized carbons (Fsp3) is 0.346.